The van der Waals surface area contributed by atoms with E-state index in [0.29, 0.717) is 0 Å². The molecule has 0 bridgehead atoms. The van der Waals surface area contributed by atoms with Crippen LogP contribution in [0.5, 0.6) is 0 Å². The number of nitrogen functional groups attached to an aromatic ring is 2. The van der Waals surface area contributed by atoms with Gasteiger partial charge < -0.3 is 11.5 Å². The molecule has 0 saturated heterocycles. The van der Waals surface area contributed by atoms with Crippen LogP contribution in [0.1, 0.15) is 49.9 Å². The zero-order valence-electron chi connectivity index (χ0n) is 13.1. The van der Waals surface area contributed by atoms with E-state index in [1.807, 2.05) is 0 Å². The second-order valence-electron chi connectivity index (χ2n) is 5.32. The first-order valence-electron chi connectivity index (χ1n) is 7.73. The first-order chi connectivity index (χ1) is 9.60. The Bertz CT molecular complexity index is 642. The normalized spacial score (nSPS) is 11.2. The maximum atomic E-state index is 6.43. The summed E-state index contributed by atoms with van der Waals surface area (Å²) in [4.78, 5) is 0. The van der Waals surface area contributed by atoms with Gasteiger partial charge in [-0.2, -0.15) is 0 Å². The first-order valence-corrected chi connectivity index (χ1v) is 7.73. The molecular formula is C18H26N2. The van der Waals surface area contributed by atoms with Crippen LogP contribution in [0.2, 0.25) is 0 Å². The fourth-order valence-electron chi connectivity index (χ4n) is 3.40. The van der Waals surface area contributed by atoms with Crippen molar-refractivity contribution in [2.24, 2.45) is 0 Å². The van der Waals surface area contributed by atoms with Crippen molar-refractivity contribution in [3.8, 4) is 0 Å². The molecule has 0 aliphatic carbocycles. The summed E-state index contributed by atoms with van der Waals surface area (Å²) >= 11 is 0. The van der Waals surface area contributed by atoms with Crippen molar-refractivity contribution in [3.05, 3.63) is 34.4 Å². The first kappa shape index (κ1) is 14.7. The maximum absolute atomic E-state index is 6.43. The second kappa shape index (κ2) is 5.74. The number of hydrogen-bond acceptors (Lipinski definition) is 2. The third kappa shape index (κ3) is 2.04. The van der Waals surface area contributed by atoms with Crippen LogP contribution >= 0.6 is 0 Å². The standard InChI is InChI=1S/C18H26N2/c1-5-11-9-10-15-16(17(11)19)13(7-3)12(6-2)14(8-4)18(15)20/h9-10H,5-8,19-20H2,1-4H3. The third-order valence-electron chi connectivity index (χ3n) is 4.42. The lowest BCUT2D eigenvalue weighted by Crippen LogP contribution is -2.07. The van der Waals surface area contributed by atoms with Gasteiger partial charge >= 0.3 is 0 Å². The van der Waals surface area contributed by atoms with Gasteiger partial charge in [-0.3, -0.25) is 0 Å². The van der Waals surface area contributed by atoms with Gasteiger partial charge in [-0.05, 0) is 47.9 Å². The fourth-order valence-corrected chi connectivity index (χ4v) is 3.40. The van der Waals surface area contributed by atoms with E-state index in [4.69, 9.17) is 11.5 Å². The lowest BCUT2D eigenvalue weighted by Gasteiger charge is -2.21. The largest absolute Gasteiger partial charge is 0.398 e. The maximum Gasteiger partial charge on any atom is 0.0429 e. The summed E-state index contributed by atoms with van der Waals surface area (Å²) in [5, 5.41) is 2.32. The molecule has 0 amide bonds. The van der Waals surface area contributed by atoms with Gasteiger partial charge in [-0.25, -0.2) is 0 Å². The highest BCUT2D eigenvalue weighted by Crippen LogP contribution is 2.38. The molecule has 4 N–H and O–H groups in total. The van der Waals surface area contributed by atoms with Gasteiger partial charge in [0, 0.05) is 22.1 Å². The number of rotatable bonds is 4. The van der Waals surface area contributed by atoms with Gasteiger partial charge in [0.2, 0.25) is 0 Å². The molecule has 2 rings (SSSR count). The van der Waals surface area contributed by atoms with Crippen LogP contribution in [0, 0.1) is 0 Å². The van der Waals surface area contributed by atoms with E-state index in [-0.39, 0.29) is 0 Å². The Hall–Kier alpha value is -1.70. The minimum atomic E-state index is 0.922. The Morgan fingerprint density at radius 1 is 0.700 bits per heavy atom. The molecule has 0 spiro atoms. The Morgan fingerprint density at radius 2 is 1.30 bits per heavy atom. The predicted octanol–water partition coefficient (Wildman–Crippen LogP) is 4.25. The Labute approximate surface area is 122 Å². The van der Waals surface area contributed by atoms with Crippen molar-refractivity contribution < 1.29 is 0 Å². The molecule has 0 aliphatic heterocycles. The van der Waals surface area contributed by atoms with Crippen molar-refractivity contribution in [1.82, 2.24) is 0 Å². The van der Waals surface area contributed by atoms with Crippen LogP contribution in [0.4, 0.5) is 11.4 Å². The molecule has 0 heterocycles. The molecule has 2 aromatic carbocycles. The molecule has 0 atom stereocenters. The number of fused-ring (bicyclic) bond motifs is 1. The van der Waals surface area contributed by atoms with Gasteiger partial charge in [0.05, 0.1) is 0 Å². The zero-order chi connectivity index (χ0) is 14.9. The average molecular weight is 270 g/mol. The van der Waals surface area contributed by atoms with Crippen LogP contribution in [-0.4, -0.2) is 0 Å². The number of aryl methyl sites for hydroxylation is 2. The predicted molar refractivity (Wildman–Crippen MR) is 90.3 cm³/mol. The quantitative estimate of drug-likeness (QED) is 0.816. The fraction of sp³-hybridized carbons (Fsp3) is 0.444. The molecule has 0 aromatic heterocycles. The average Bonchev–Trinajstić information content (AvgIpc) is 2.47. The van der Waals surface area contributed by atoms with E-state index >= 15 is 0 Å². The molecule has 2 heteroatoms. The monoisotopic (exact) mass is 270 g/mol. The molecule has 0 unspecified atom stereocenters. The molecule has 108 valence electrons. The van der Waals surface area contributed by atoms with Gasteiger partial charge in [-0.15, -0.1) is 0 Å². The zero-order valence-corrected chi connectivity index (χ0v) is 13.1. The van der Waals surface area contributed by atoms with Crippen LogP contribution in [-0.2, 0) is 25.7 Å². The minimum absolute atomic E-state index is 0.922. The highest BCUT2D eigenvalue weighted by atomic mass is 14.6. The Morgan fingerprint density at radius 3 is 1.80 bits per heavy atom. The topological polar surface area (TPSA) is 52.0 Å². The van der Waals surface area contributed by atoms with E-state index in [1.165, 1.54) is 27.6 Å². The summed E-state index contributed by atoms with van der Waals surface area (Å²) < 4.78 is 0. The van der Waals surface area contributed by atoms with Crippen molar-refractivity contribution >= 4 is 22.1 Å². The Balaban J connectivity index is 3.01. The summed E-state index contributed by atoms with van der Waals surface area (Å²) in [7, 11) is 0. The van der Waals surface area contributed by atoms with Crippen LogP contribution in [0.25, 0.3) is 10.8 Å². The molecular weight excluding hydrogens is 244 g/mol. The van der Waals surface area contributed by atoms with Gasteiger partial charge in [0.15, 0.2) is 0 Å². The SMILES string of the molecule is CCc1ccc2c(N)c(CC)c(CC)c(CC)c2c1N. The third-order valence-corrected chi connectivity index (χ3v) is 4.42. The highest BCUT2D eigenvalue weighted by Gasteiger charge is 2.17. The summed E-state index contributed by atoms with van der Waals surface area (Å²) in [6.07, 6.45) is 3.96. The number of anilines is 2. The van der Waals surface area contributed by atoms with Crippen molar-refractivity contribution in [2.75, 3.05) is 11.5 Å². The number of benzene rings is 2. The van der Waals surface area contributed by atoms with Crippen molar-refractivity contribution in [1.29, 1.82) is 0 Å². The molecule has 2 aromatic rings. The molecule has 0 aliphatic rings. The van der Waals surface area contributed by atoms with Gasteiger partial charge in [-0.1, -0.05) is 39.8 Å². The van der Waals surface area contributed by atoms with Crippen LogP contribution in [0.3, 0.4) is 0 Å². The van der Waals surface area contributed by atoms with Crippen LogP contribution < -0.4 is 11.5 Å². The second-order valence-corrected chi connectivity index (χ2v) is 5.32. The van der Waals surface area contributed by atoms with Gasteiger partial charge in [0.25, 0.3) is 0 Å². The van der Waals surface area contributed by atoms with Crippen molar-refractivity contribution in [3.63, 3.8) is 0 Å². The summed E-state index contributed by atoms with van der Waals surface area (Å²) in [5.41, 5.74) is 20.0. The lowest BCUT2D eigenvalue weighted by atomic mass is 9.86. The Kier molecular flexibility index (Phi) is 4.22. The smallest absolute Gasteiger partial charge is 0.0429 e. The summed E-state index contributed by atoms with van der Waals surface area (Å²) in [5.74, 6) is 0. The number of nitrogens with two attached hydrogens (primary N) is 2. The van der Waals surface area contributed by atoms with E-state index < -0.39 is 0 Å². The van der Waals surface area contributed by atoms with E-state index in [2.05, 4.69) is 39.8 Å². The van der Waals surface area contributed by atoms with E-state index in [9.17, 15) is 0 Å². The lowest BCUT2D eigenvalue weighted by molar-refractivity contribution is 0.995. The number of hydrogen-bond donors (Lipinski definition) is 2. The van der Waals surface area contributed by atoms with Crippen LogP contribution in [0.15, 0.2) is 12.1 Å². The molecule has 20 heavy (non-hydrogen) atoms. The molecule has 2 nitrogen and oxygen atoms in total. The summed E-state index contributed by atoms with van der Waals surface area (Å²) in [6, 6.07) is 4.27. The van der Waals surface area contributed by atoms with E-state index in [0.717, 1.165) is 42.4 Å². The highest BCUT2D eigenvalue weighted by molar-refractivity contribution is 6.05. The molecule has 0 radical (unpaired) electrons. The van der Waals surface area contributed by atoms with Crippen molar-refractivity contribution in [2.45, 2.75) is 53.4 Å². The molecule has 0 saturated carbocycles. The molecule has 0 fully saturated rings. The summed E-state index contributed by atoms with van der Waals surface area (Å²) in [6.45, 7) is 8.74. The van der Waals surface area contributed by atoms with Gasteiger partial charge in [0.1, 0.15) is 0 Å². The minimum Gasteiger partial charge on any atom is -0.398 e. The van der Waals surface area contributed by atoms with E-state index in [1.54, 1.807) is 0 Å².